The summed E-state index contributed by atoms with van der Waals surface area (Å²) < 4.78 is 6.12. The van der Waals surface area contributed by atoms with Gasteiger partial charge in [-0.15, -0.1) is 0 Å². The highest BCUT2D eigenvalue weighted by molar-refractivity contribution is 5.57. The maximum Gasteiger partial charge on any atom is 0.142 e. The minimum Gasteiger partial charge on any atom is -0.485 e. The van der Waals surface area contributed by atoms with E-state index in [2.05, 4.69) is 29.3 Å². The number of nitrogens with one attached hydrogen (secondary N) is 1. The Morgan fingerprint density at radius 2 is 2.05 bits per heavy atom. The van der Waals surface area contributed by atoms with Crippen LogP contribution in [0.3, 0.4) is 0 Å². The second-order valence-corrected chi connectivity index (χ2v) is 5.64. The summed E-state index contributed by atoms with van der Waals surface area (Å²) >= 11 is 0. The number of fused-ring (bicyclic) bond motifs is 1. The number of benzene rings is 1. The number of anilines is 1. The van der Waals surface area contributed by atoms with Gasteiger partial charge in [-0.1, -0.05) is 31.9 Å². The average molecular weight is 260 g/mol. The fourth-order valence-corrected chi connectivity index (χ4v) is 3.33. The highest BCUT2D eigenvalue weighted by Gasteiger charge is 2.26. The second-order valence-electron chi connectivity index (χ2n) is 5.64. The van der Waals surface area contributed by atoms with Crippen LogP contribution < -0.4 is 10.1 Å². The van der Waals surface area contributed by atoms with Crippen molar-refractivity contribution in [2.75, 3.05) is 25.0 Å². The van der Waals surface area contributed by atoms with Gasteiger partial charge in [0.1, 0.15) is 11.9 Å². The summed E-state index contributed by atoms with van der Waals surface area (Å²) in [6.45, 7) is 5.36. The summed E-state index contributed by atoms with van der Waals surface area (Å²) in [6.07, 6.45) is 5.80. The van der Waals surface area contributed by atoms with E-state index in [4.69, 9.17) is 4.74 Å². The zero-order valence-electron chi connectivity index (χ0n) is 11.8. The van der Waals surface area contributed by atoms with Gasteiger partial charge in [0.15, 0.2) is 0 Å². The molecule has 1 saturated carbocycles. The molecule has 3 nitrogen and oxygen atoms in total. The summed E-state index contributed by atoms with van der Waals surface area (Å²) in [6, 6.07) is 9.01. The van der Waals surface area contributed by atoms with Crippen LogP contribution in [-0.2, 0) is 0 Å². The molecule has 1 aromatic rings. The van der Waals surface area contributed by atoms with Crippen molar-refractivity contribution in [2.45, 2.75) is 44.8 Å². The number of likely N-dealkylation sites (N-methyl/N-ethyl adjacent to an activating group) is 1. The summed E-state index contributed by atoms with van der Waals surface area (Å²) in [7, 11) is 0. The van der Waals surface area contributed by atoms with Crippen molar-refractivity contribution in [3.8, 4) is 5.75 Å². The van der Waals surface area contributed by atoms with E-state index in [0.29, 0.717) is 0 Å². The first-order chi connectivity index (χ1) is 9.36. The largest absolute Gasteiger partial charge is 0.485 e. The Labute approximate surface area is 115 Å². The van der Waals surface area contributed by atoms with Gasteiger partial charge in [-0.3, -0.25) is 4.90 Å². The lowest BCUT2D eigenvalue weighted by Crippen LogP contribution is -2.45. The minimum absolute atomic E-state index is 0.274. The smallest absolute Gasteiger partial charge is 0.142 e. The number of hydrogen-bond donors (Lipinski definition) is 1. The molecule has 1 fully saturated rings. The fourth-order valence-electron chi connectivity index (χ4n) is 3.33. The van der Waals surface area contributed by atoms with Crippen molar-refractivity contribution in [1.82, 2.24) is 4.90 Å². The highest BCUT2D eigenvalue weighted by atomic mass is 16.5. The molecule has 1 atom stereocenters. The maximum atomic E-state index is 6.12. The van der Waals surface area contributed by atoms with Gasteiger partial charge in [-0.05, 0) is 31.5 Å². The predicted octanol–water partition coefficient (Wildman–Crippen LogP) is 3.12. The third-order valence-corrected chi connectivity index (χ3v) is 4.39. The first kappa shape index (κ1) is 12.8. The zero-order chi connectivity index (χ0) is 13.1. The van der Waals surface area contributed by atoms with E-state index in [1.807, 2.05) is 12.1 Å². The van der Waals surface area contributed by atoms with Crippen molar-refractivity contribution < 1.29 is 4.74 Å². The van der Waals surface area contributed by atoms with Gasteiger partial charge in [0, 0.05) is 12.6 Å². The van der Waals surface area contributed by atoms with Crippen molar-refractivity contribution in [3.05, 3.63) is 24.3 Å². The van der Waals surface area contributed by atoms with Crippen LogP contribution in [-0.4, -0.2) is 36.7 Å². The van der Waals surface area contributed by atoms with Crippen molar-refractivity contribution in [2.24, 2.45) is 0 Å². The van der Waals surface area contributed by atoms with Gasteiger partial charge in [-0.2, -0.15) is 0 Å². The molecular weight excluding hydrogens is 236 g/mol. The molecule has 0 amide bonds. The molecule has 19 heavy (non-hydrogen) atoms. The Bertz CT molecular complexity index is 415. The second kappa shape index (κ2) is 5.83. The Morgan fingerprint density at radius 1 is 1.26 bits per heavy atom. The van der Waals surface area contributed by atoms with Crippen molar-refractivity contribution in [3.63, 3.8) is 0 Å². The van der Waals surface area contributed by atoms with Crippen LogP contribution in [0, 0.1) is 0 Å². The third-order valence-electron chi connectivity index (χ3n) is 4.39. The number of rotatable bonds is 4. The first-order valence-corrected chi connectivity index (χ1v) is 7.60. The van der Waals surface area contributed by atoms with E-state index >= 15 is 0 Å². The molecule has 1 aliphatic carbocycles. The summed E-state index contributed by atoms with van der Waals surface area (Å²) in [5.41, 5.74) is 1.13. The molecule has 0 spiro atoms. The van der Waals surface area contributed by atoms with Gasteiger partial charge in [0.2, 0.25) is 0 Å². The van der Waals surface area contributed by atoms with Gasteiger partial charge in [0.05, 0.1) is 12.2 Å². The van der Waals surface area contributed by atoms with Crippen LogP contribution in [0.4, 0.5) is 5.69 Å². The molecule has 1 aliphatic heterocycles. The molecule has 0 saturated heterocycles. The highest BCUT2D eigenvalue weighted by Crippen LogP contribution is 2.29. The monoisotopic (exact) mass is 260 g/mol. The lowest BCUT2D eigenvalue weighted by atomic mass is 10.1. The summed E-state index contributed by atoms with van der Waals surface area (Å²) in [5.74, 6) is 1.00. The Balaban J connectivity index is 1.61. The van der Waals surface area contributed by atoms with Crippen LogP contribution in [0.2, 0.25) is 0 Å². The van der Waals surface area contributed by atoms with Crippen LogP contribution in [0.5, 0.6) is 5.75 Å². The Hall–Kier alpha value is -1.22. The fraction of sp³-hybridized carbons (Fsp3) is 0.625. The molecule has 1 unspecified atom stereocenters. The SMILES string of the molecule is CCN(CC1CNc2ccccc2O1)C1CCCC1. The third kappa shape index (κ3) is 2.86. The minimum atomic E-state index is 0.274. The molecule has 0 bridgehead atoms. The number of nitrogens with zero attached hydrogens (tertiary/aromatic N) is 1. The first-order valence-electron chi connectivity index (χ1n) is 7.60. The van der Waals surface area contributed by atoms with Crippen LogP contribution in [0.25, 0.3) is 0 Å². The standard InChI is InChI=1S/C16H24N2O/c1-2-18(13-7-3-4-8-13)12-14-11-17-15-9-5-6-10-16(15)19-14/h5-6,9-10,13-14,17H,2-4,7-8,11-12H2,1H3. The molecule has 0 radical (unpaired) electrons. The van der Waals surface area contributed by atoms with Crippen LogP contribution in [0.1, 0.15) is 32.6 Å². The number of ether oxygens (including phenoxy) is 1. The Morgan fingerprint density at radius 3 is 2.84 bits per heavy atom. The molecule has 1 aromatic carbocycles. The quantitative estimate of drug-likeness (QED) is 0.900. The Kier molecular flexibility index (Phi) is 3.92. The molecule has 104 valence electrons. The molecule has 1 N–H and O–H groups in total. The van der Waals surface area contributed by atoms with Crippen molar-refractivity contribution >= 4 is 5.69 Å². The molecular formula is C16H24N2O. The zero-order valence-corrected chi connectivity index (χ0v) is 11.8. The van der Waals surface area contributed by atoms with E-state index in [9.17, 15) is 0 Å². The number of para-hydroxylation sites is 2. The normalized spacial score (nSPS) is 22.9. The topological polar surface area (TPSA) is 24.5 Å². The molecule has 2 aliphatic rings. The van der Waals surface area contributed by atoms with Gasteiger partial charge >= 0.3 is 0 Å². The molecule has 3 heteroatoms. The van der Waals surface area contributed by atoms with E-state index in [0.717, 1.165) is 37.1 Å². The van der Waals surface area contributed by atoms with Gasteiger partial charge in [0.25, 0.3) is 0 Å². The summed E-state index contributed by atoms with van der Waals surface area (Å²) in [5, 5.41) is 3.48. The lowest BCUT2D eigenvalue weighted by Gasteiger charge is -2.34. The molecule has 3 rings (SSSR count). The maximum absolute atomic E-state index is 6.12. The van der Waals surface area contributed by atoms with Gasteiger partial charge < -0.3 is 10.1 Å². The predicted molar refractivity (Wildman–Crippen MR) is 78.9 cm³/mol. The van der Waals surface area contributed by atoms with E-state index in [1.54, 1.807) is 0 Å². The molecule has 1 heterocycles. The lowest BCUT2D eigenvalue weighted by molar-refractivity contribution is 0.111. The van der Waals surface area contributed by atoms with Crippen LogP contribution in [0.15, 0.2) is 24.3 Å². The van der Waals surface area contributed by atoms with E-state index in [-0.39, 0.29) is 6.10 Å². The van der Waals surface area contributed by atoms with E-state index < -0.39 is 0 Å². The summed E-state index contributed by atoms with van der Waals surface area (Å²) in [4.78, 5) is 2.60. The number of hydrogen-bond acceptors (Lipinski definition) is 3. The van der Waals surface area contributed by atoms with Crippen molar-refractivity contribution in [1.29, 1.82) is 0 Å². The molecule has 0 aromatic heterocycles. The van der Waals surface area contributed by atoms with Crippen LogP contribution >= 0.6 is 0 Å². The van der Waals surface area contributed by atoms with Gasteiger partial charge in [-0.25, -0.2) is 0 Å². The van der Waals surface area contributed by atoms with E-state index in [1.165, 1.54) is 25.7 Å². The average Bonchev–Trinajstić information content (AvgIpc) is 2.98.